The summed E-state index contributed by atoms with van der Waals surface area (Å²) in [6, 6.07) is 8.55. The van der Waals surface area contributed by atoms with Gasteiger partial charge in [0.05, 0.1) is 0 Å². The van der Waals surface area contributed by atoms with E-state index in [1.165, 1.54) is 5.56 Å². The molecule has 2 N–H and O–H groups in total. The second-order valence-corrected chi connectivity index (χ2v) is 6.24. The van der Waals surface area contributed by atoms with E-state index in [2.05, 4.69) is 72.8 Å². The first-order chi connectivity index (χ1) is 9.55. The van der Waals surface area contributed by atoms with Gasteiger partial charge in [0.15, 0.2) is 0 Å². The highest BCUT2D eigenvalue weighted by Crippen LogP contribution is 2.30. The lowest BCUT2D eigenvalue weighted by Crippen LogP contribution is -2.60. The molecule has 0 saturated carbocycles. The molecule has 0 radical (unpaired) electrons. The summed E-state index contributed by atoms with van der Waals surface area (Å²) in [7, 11) is 0. The predicted octanol–water partition coefficient (Wildman–Crippen LogP) is 4.22. The van der Waals surface area contributed by atoms with E-state index in [0.717, 1.165) is 36.8 Å². The molecular weight excluding hydrogens is 312 g/mol. The predicted molar refractivity (Wildman–Crippen MR) is 92.1 cm³/mol. The third kappa shape index (κ3) is 3.63. The molecule has 0 heterocycles. The lowest BCUT2D eigenvalue weighted by atomic mass is 9.80. The van der Waals surface area contributed by atoms with Crippen LogP contribution in [0.5, 0.6) is 0 Å². The molecule has 1 aromatic rings. The smallest absolute Gasteiger partial charge is 0.0358 e. The van der Waals surface area contributed by atoms with Crippen molar-refractivity contribution >= 4 is 15.9 Å². The highest BCUT2D eigenvalue weighted by molar-refractivity contribution is 9.10. The van der Waals surface area contributed by atoms with Gasteiger partial charge in [-0.3, -0.25) is 4.90 Å². The summed E-state index contributed by atoms with van der Waals surface area (Å²) >= 11 is 3.64. The van der Waals surface area contributed by atoms with Gasteiger partial charge in [0.1, 0.15) is 0 Å². The fraction of sp³-hybridized carbons (Fsp3) is 0.647. The third-order valence-electron chi connectivity index (χ3n) is 4.71. The Morgan fingerprint density at radius 3 is 2.10 bits per heavy atom. The van der Waals surface area contributed by atoms with Crippen molar-refractivity contribution in [2.75, 3.05) is 13.1 Å². The molecule has 0 aliphatic rings. The average Bonchev–Trinajstić information content (AvgIpc) is 2.47. The van der Waals surface area contributed by atoms with Crippen molar-refractivity contribution < 1.29 is 0 Å². The zero-order valence-electron chi connectivity index (χ0n) is 13.3. The summed E-state index contributed by atoms with van der Waals surface area (Å²) in [5.41, 5.74) is 8.06. The summed E-state index contributed by atoms with van der Waals surface area (Å²) in [6.45, 7) is 11.1. The first kappa shape index (κ1) is 17.7. The quantitative estimate of drug-likeness (QED) is 0.767. The molecule has 0 aliphatic heterocycles. The number of hydrogen-bond acceptors (Lipinski definition) is 2. The molecule has 0 aliphatic carbocycles. The molecule has 0 bridgehead atoms. The Morgan fingerprint density at radius 2 is 1.65 bits per heavy atom. The maximum absolute atomic E-state index is 6.66. The Balaban J connectivity index is 3.00. The molecule has 3 heteroatoms. The number of likely N-dealkylation sites (N-methyl/N-ethyl adjacent to an activating group) is 1. The number of halogens is 1. The van der Waals surface area contributed by atoms with Crippen molar-refractivity contribution in [1.82, 2.24) is 4.90 Å². The second kappa shape index (κ2) is 8.16. The summed E-state index contributed by atoms with van der Waals surface area (Å²) in [4.78, 5) is 2.54. The first-order valence-corrected chi connectivity index (χ1v) is 8.58. The standard InChI is InChI=1S/C17H29BrN2/c1-5-17(6-2,20(7-3)8-4)16(19)13-14-11-9-10-12-15(14)18/h9-12,16H,5-8,13,19H2,1-4H3. The van der Waals surface area contributed by atoms with Crippen LogP contribution in [0.2, 0.25) is 0 Å². The van der Waals surface area contributed by atoms with Gasteiger partial charge in [0, 0.05) is 16.1 Å². The van der Waals surface area contributed by atoms with Gasteiger partial charge in [-0.25, -0.2) is 0 Å². The van der Waals surface area contributed by atoms with Crippen molar-refractivity contribution in [3.05, 3.63) is 34.3 Å². The van der Waals surface area contributed by atoms with Crippen LogP contribution in [-0.2, 0) is 6.42 Å². The molecule has 1 aromatic carbocycles. The lowest BCUT2D eigenvalue weighted by Gasteiger charge is -2.46. The molecule has 1 atom stereocenters. The van der Waals surface area contributed by atoms with E-state index in [0.29, 0.717) is 0 Å². The minimum absolute atomic E-state index is 0.0960. The third-order valence-corrected chi connectivity index (χ3v) is 5.48. The molecule has 0 saturated heterocycles. The summed E-state index contributed by atoms with van der Waals surface area (Å²) in [5.74, 6) is 0. The van der Waals surface area contributed by atoms with Crippen molar-refractivity contribution in [1.29, 1.82) is 0 Å². The Morgan fingerprint density at radius 1 is 1.10 bits per heavy atom. The Labute approximate surface area is 132 Å². The molecule has 0 aromatic heterocycles. The largest absolute Gasteiger partial charge is 0.326 e. The van der Waals surface area contributed by atoms with Crippen molar-refractivity contribution in [3.63, 3.8) is 0 Å². The molecule has 1 unspecified atom stereocenters. The maximum Gasteiger partial charge on any atom is 0.0358 e. The van der Waals surface area contributed by atoms with Crippen LogP contribution in [0.25, 0.3) is 0 Å². The monoisotopic (exact) mass is 340 g/mol. The molecule has 114 valence electrons. The van der Waals surface area contributed by atoms with E-state index in [1.54, 1.807) is 0 Å². The van der Waals surface area contributed by atoms with Gasteiger partial charge >= 0.3 is 0 Å². The van der Waals surface area contributed by atoms with Crippen LogP contribution >= 0.6 is 15.9 Å². The molecular formula is C17H29BrN2. The van der Waals surface area contributed by atoms with E-state index in [1.807, 2.05) is 0 Å². The summed E-state index contributed by atoms with van der Waals surface area (Å²) in [5, 5.41) is 0. The topological polar surface area (TPSA) is 29.3 Å². The van der Waals surface area contributed by atoms with Gasteiger partial charge in [0.2, 0.25) is 0 Å². The van der Waals surface area contributed by atoms with Crippen molar-refractivity contribution in [2.24, 2.45) is 5.73 Å². The molecule has 0 spiro atoms. The first-order valence-electron chi connectivity index (χ1n) is 7.79. The molecule has 0 fully saturated rings. The fourth-order valence-electron chi connectivity index (χ4n) is 3.40. The molecule has 1 rings (SSSR count). The van der Waals surface area contributed by atoms with Crippen molar-refractivity contribution in [2.45, 2.75) is 58.5 Å². The van der Waals surface area contributed by atoms with Crippen LogP contribution in [0.4, 0.5) is 0 Å². The molecule has 2 nitrogen and oxygen atoms in total. The van der Waals surface area contributed by atoms with Crippen LogP contribution in [0.3, 0.4) is 0 Å². The van der Waals surface area contributed by atoms with Crippen molar-refractivity contribution in [3.8, 4) is 0 Å². The van der Waals surface area contributed by atoms with Crippen LogP contribution in [0, 0.1) is 0 Å². The SMILES string of the molecule is CCN(CC)C(CC)(CC)C(N)Cc1ccccc1Br. The molecule has 0 amide bonds. The normalized spacial score (nSPS) is 13.8. The van der Waals surface area contributed by atoms with E-state index >= 15 is 0 Å². The lowest BCUT2D eigenvalue weighted by molar-refractivity contribution is 0.0628. The van der Waals surface area contributed by atoms with E-state index < -0.39 is 0 Å². The minimum Gasteiger partial charge on any atom is -0.326 e. The Hall–Kier alpha value is -0.380. The fourth-order valence-corrected chi connectivity index (χ4v) is 3.85. The number of nitrogens with two attached hydrogens (primary N) is 1. The zero-order chi connectivity index (χ0) is 15.2. The van der Waals surface area contributed by atoms with E-state index in [9.17, 15) is 0 Å². The van der Waals surface area contributed by atoms with Crippen LogP contribution in [0.1, 0.15) is 46.1 Å². The number of nitrogens with zero attached hydrogens (tertiary/aromatic N) is 1. The maximum atomic E-state index is 6.66. The summed E-state index contributed by atoms with van der Waals surface area (Å²) in [6.07, 6.45) is 3.10. The average molecular weight is 341 g/mol. The summed E-state index contributed by atoms with van der Waals surface area (Å²) < 4.78 is 1.16. The molecule has 20 heavy (non-hydrogen) atoms. The van der Waals surface area contributed by atoms with E-state index in [-0.39, 0.29) is 11.6 Å². The van der Waals surface area contributed by atoms with Gasteiger partial charge in [-0.05, 0) is 44.0 Å². The Kier molecular flexibility index (Phi) is 7.21. The Bertz CT molecular complexity index is 398. The van der Waals surface area contributed by atoms with Crippen LogP contribution in [0.15, 0.2) is 28.7 Å². The van der Waals surface area contributed by atoms with Crippen LogP contribution in [-0.4, -0.2) is 29.6 Å². The van der Waals surface area contributed by atoms with E-state index in [4.69, 9.17) is 5.73 Å². The van der Waals surface area contributed by atoms with Gasteiger partial charge in [-0.15, -0.1) is 0 Å². The number of rotatable bonds is 8. The number of benzene rings is 1. The second-order valence-electron chi connectivity index (χ2n) is 5.38. The highest BCUT2D eigenvalue weighted by Gasteiger charge is 2.37. The van der Waals surface area contributed by atoms with Gasteiger partial charge in [-0.1, -0.05) is 61.8 Å². The van der Waals surface area contributed by atoms with Gasteiger partial charge < -0.3 is 5.73 Å². The van der Waals surface area contributed by atoms with Gasteiger partial charge in [0.25, 0.3) is 0 Å². The zero-order valence-corrected chi connectivity index (χ0v) is 14.9. The minimum atomic E-state index is 0.0960. The van der Waals surface area contributed by atoms with Crippen LogP contribution < -0.4 is 5.73 Å². The highest BCUT2D eigenvalue weighted by atomic mass is 79.9. The number of hydrogen-bond donors (Lipinski definition) is 1. The van der Waals surface area contributed by atoms with Gasteiger partial charge in [-0.2, -0.15) is 0 Å².